The van der Waals surface area contributed by atoms with Gasteiger partial charge in [0.1, 0.15) is 5.75 Å². The van der Waals surface area contributed by atoms with Crippen molar-refractivity contribution in [3.05, 3.63) is 95.6 Å². The Hall–Kier alpha value is -3.40. The fourth-order valence-corrected chi connectivity index (χ4v) is 3.49. The van der Waals surface area contributed by atoms with Crippen molar-refractivity contribution < 1.29 is 14.3 Å². The van der Waals surface area contributed by atoms with E-state index in [2.05, 4.69) is 29.6 Å². The molecule has 0 fully saturated rings. The standard InChI is InChI=1S/C28H31NO3/c1-22(30)25-12-8-13-26(21-25)29-28(31)19-16-24-14-17-27(18-15-24)32-20-7-3-6-11-23-9-4-2-5-10-23/h2,4-5,8-10,12-15,17-18,21H,3,6-7,11,16,19-20H2,1H3,(H,29,31). The molecule has 0 saturated carbocycles. The minimum absolute atomic E-state index is 0.0180. The van der Waals surface area contributed by atoms with Crippen molar-refractivity contribution in [2.24, 2.45) is 0 Å². The van der Waals surface area contributed by atoms with E-state index in [1.807, 2.05) is 30.3 Å². The predicted molar refractivity (Wildman–Crippen MR) is 129 cm³/mol. The molecule has 0 radical (unpaired) electrons. The summed E-state index contributed by atoms with van der Waals surface area (Å²) in [4.78, 5) is 23.7. The zero-order valence-electron chi connectivity index (χ0n) is 18.7. The number of nitrogens with one attached hydrogen (secondary N) is 1. The molecule has 0 aliphatic carbocycles. The van der Waals surface area contributed by atoms with Crippen molar-refractivity contribution in [1.82, 2.24) is 0 Å². The van der Waals surface area contributed by atoms with Crippen molar-refractivity contribution in [1.29, 1.82) is 0 Å². The molecule has 0 spiro atoms. The number of aryl methyl sites for hydroxylation is 2. The Morgan fingerprint density at radius 2 is 1.53 bits per heavy atom. The van der Waals surface area contributed by atoms with Crippen LogP contribution < -0.4 is 10.1 Å². The Balaban J connectivity index is 1.32. The number of Topliss-reactive ketones (excluding diaryl/α,β-unsaturated/α-hetero) is 1. The Labute approximate surface area is 190 Å². The summed E-state index contributed by atoms with van der Waals surface area (Å²) >= 11 is 0. The van der Waals surface area contributed by atoms with E-state index in [1.165, 1.54) is 18.9 Å². The summed E-state index contributed by atoms with van der Waals surface area (Å²) in [6.07, 6.45) is 5.51. The molecule has 0 saturated heterocycles. The summed E-state index contributed by atoms with van der Waals surface area (Å²) in [6.45, 7) is 2.23. The van der Waals surface area contributed by atoms with E-state index in [0.29, 0.717) is 24.1 Å². The Kier molecular flexibility index (Phi) is 9.05. The van der Waals surface area contributed by atoms with Gasteiger partial charge in [0.2, 0.25) is 5.91 Å². The normalized spacial score (nSPS) is 10.5. The van der Waals surface area contributed by atoms with E-state index in [1.54, 1.807) is 24.3 Å². The van der Waals surface area contributed by atoms with Gasteiger partial charge in [0.15, 0.2) is 5.78 Å². The molecule has 4 nitrogen and oxygen atoms in total. The number of benzene rings is 3. The minimum Gasteiger partial charge on any atom is -0.494 e. The highest BCUT2D eigenvalue weighted by molar-refractivity contribution is 5.97. The second kappa shape index (κ2) is 12.5. The third-order valence-corrected chi connectivity index (χ3v) is 5.34. The van der Waals surface area contributed by atoms with Crippen LogP contribution in [0.4, 0.5) is 5.69 Å². The van der Waals surface area contributed by atoms with Gasteiger partial charge in [-0.15, -0.1) is 0 Å². The maximum Gasteiger partial charge on any atom is 0.224 e. The summed E-state index contributed by atoms with van der Waals surface area (Å²) in [5, 5.41) is 2.86. The van der Waals surface area contributed by atoms with Crippen LogP contribution in [0.25, 0.3) is 0 Å². The molecule has 32 heavy (non-hydrogen) atoms. The third-order valence-electron chi connectivity index (χ3n) is 5.34. The van der Waals surface area contributed by atoms with Crippen molar-refractivity contribution >= 4 is 17.4 Å². The van der Waals surface area contributed by atoms with Gasteiger partial charge in [-0.25, -0.2) is 0 Å². The van der Waals surface area contributed by atoms with Crippen LogP contribution in [0.15, 0.2) is 78.9 Å². The summed E-state index contributed by atoms with van der Waals surface area (Å²) in [6, 6.07) is 25.5. The number of ketones is 1. The summed E-state index contributed by atoms with van der Waals surface area (Å²) < 4.78 is 5.84. The molecule has 1 amide bonds. The highest BCUT2D eigenvalue weighted by atomic mass is 16.5. The molecule has 3 aromatic rings. The number of hydrogen-bond acceptors (Lipinski definition) is 3. The number of hydrogen-bond donors (Lipinski definition) is 1. The van der Waals surface area contributed by atoms with E-state index in [-0.39, 0.29) is 11.7 Å². The van der Waals surface area contributed by atoms with Gasteiger partial charge >= 0.3 is 0 Å². The molecule has 166 valence electrons. The molecule has 0 unspecified atom stereocenters. The van der Waals surface area contributed by atoms with Gasteiger partial charge < -0.3 is 10.1 Å². The zero-order chi connectivity index (χ0) is 22.6. The molecule has 0 heterocycles. The number of carbonyl (C=O) groups excluding carboxylic acids is 2. The molecule has 0 aliphatic rings. The maximum absolute atomic E-state index is 12.2. The summed E-state index contributed by atoms with van der Waals surface area (Å²) in [5.74, 6) is 0.777. The molecular formula is C28H31NO3. The summed E-state index contributed by atoms with van der Waals surface area (Å²) in [7, 11) is 0. The zero-order valence-corrected chi connectivity index (χ0v) is 18.7. The molecule has 0 bridgehead atoms. The number of carbonyl (C=O) groups is 2. The molecule has 4 heteroatoms. The van der Waals surface area contributed by atoms with Gasteiger partial charge in [0.25, 0.3) is 0 Å². The first-order valence-electron chi connectivity index (χ1n) is 11.3. The lowest BCUT2D eigenvalue weighted by Crippen LogP contribution is -2.12. The molecule has 0 aromatic heterocycles. The number of rotatable bonds is 12. The second-order valence-corrected chi connectivity index (χ2v) is 7.97. The highest BCUT2D eigenvalue weighted by Gasteiger charge is 2.06. The fourth-order valence-electron chi connectivity index (χ4n) is 3.49. The molecule has 3 aromatic carbocycles. The topological polar surface area (TPSA) is 55.4 Å². The van der Waals surface area contributed by atoms with Crippen LogP contribution >= 0.6 is 0 Å². The van der Waals surface area contributed by atoms with Gasteiger partial charge in [-0.3, -0.25) is 9.59 Å². The molecule has 3 rings (SSSR count). The SMILES string of the molecule is CC(=O)c1cccc(NC(=O)CCc2ccc(OCCCCCc3ccccc3)cc2)c1. The van der Waals surface area contributed by atoms with Crippen molar-refractivity contribution in [3.8, 4) is 5.75 Å². The number of amides is 1. The van der Waals surface area contributed by atoms with Crippen LogP contribution in [0.2, 0.25) is 0 Å². The van der Waals surface area contributed by atoms with Crippen LogP contribution in [0.3, 0.4) is 0 Å². The van der Waals surface area contributed by atoms with Crippen molar-refractivity contribution in [3.63, 3.8) is 0 Å². The Morgan fingerprint density at radius 3 is 2.28 bits per heavy atom. The molecule has 1 N–H and O–H groups in total. The van der Waals surface area contributed by atoms with E-state index in [4.69, 9.17) is 4.74 Å². The fraction of sp³-hybridized carbons (Fsp3) is 0.286. The van der Waals surface area contributed by atoms with Gasteiger partial charge in [-0.1, -0.05) is 54.6 Å². The van der Waals surface area contributed by atoms with E-state index < -0.39 is 0 Å². The lowest BCUT2D eigenvalue weighted by atomic mass is 10.1. The molecule has 0 aliphatic heterocycles. The average Bonchev–Trinajstić information content (AvgIpc) is 2.81. The van der Waals surface area contributed by atoms with Crippen LogP contribution in [0.1, 0.15) is 54.1 Å². The quantitative estimate of drug-likeness (QED) is 0.273. The van der Waals surface area contributed by atoms with Crippen LogP contribution in [0, 0.1) is 0 Å². The summed E-state index contributed by atoms with van der Waals surface area (Å²) in [5.41, 5.74) is 3.72. The first-order valence-corrected chi connectivity index (χ1v) is 11.3. The monoisotopic (exact) mass is 429 g/mol. The van der Waals surface area contributed by atoms with Crippen molar-refractivity contribution in [2.45, 2.75) is 45.4 Å². The van der Waals surface area contributed by atoms with E-state index >= 15 is 0 Å². The van der Waals surface area contributed by atoms with Gasteiger partial charge in [-0.2, -0.15) is 0 Å². The Morgan fingerprint density at radius 1 is 0.781 bits per heavy atom. The van der Waals surface area contributed by atoms with Gasteiger partial charge in [-0.05, 0) is 74.4 Å². The largest absolute Gasteiger partial charge is 0.494 e. The maximum atomic E-state index is 12.2. The first kappa shape index (κ1) is 23.3. The lowest BCUT2D eigenvalue weighted by molar-refractivity contribution is -0.116. The van der Waals surface area contributed by atoms with Gasteiger partial charge in [0.05, 0.1) is 6.61 Å². The number of unbranched alkanes of at least 4 members (excludes halogenated alkanes) is 2. The minimum atomic E-state index is -0.0680. The van der Waals surface area contributed by atoms with Crippen LogP contribution in [-0.2, 0) is 17.6 Å². The van der Waals surface area contributed by atoms with Crippen LogP contribution in [0.5, 0.6) is 5.75 Å². The van der Waals surface area contributed by atoms with E-state index in [0.717, 1.165) is 37.2 Å². The lowest BCUT2D eigenvalue weighted by Gasteiger charge is -2.08. The first-order chi connectivity index (χ1) is 15.6. The molecule has 0 atom stereocenters. The average molecular weight is 430 g/mol. The van der Waals surface area contributed by atoms with Crippen molar-refractivity contribution in [2.75, 3.05) is 11.9 Å². The third kappa shape index (κ3) is 8.03. The smallest absolute Gasteiger partial charge is 0.224 e. The van der Waals surface area contributed by atoms with E-state index in [9.17, 15) is 9.59 Å². The predicted octanol–water partition coefficient (Wildman–Crippen LogP) is 6.25. The Bertz CT molecular complexity index is 997. The number of ether oxygens (including phenoxy) is 1. The number of anilines is 1. The van der Waals surface area contributed by atoms with Gasteiger partial charge in [0, 0.05) is 17.7 Å². The van der Waals surface area contributed by atoms with Crippen LogP contribution in [-0.4, -0.2) is 18.3 Å². The highest BCUT2D eigenvalue weighted by Crippen LogP contribution is 2.16. The molecular weight excluding hydrogens is 398 g/mol. The second-order valence-electron chi connectivity index (χ2n) is 7.97.